The maximum Gasteiger partial charge on any atom is 0.250 e. The van der Waals surface area contributed by atoms with Crippen molar-refractivity contribution in [3.8, 4) is 17.1 Å². The Bertz CT molecular complexity index is 1220. The zero-order chi connectivity index (χ0) is 22.3. The van der Waals surface area contributed by atoms with Crippen molar-refractivity contribution in [2.45, 2.75) is 12.1 Å². The summed E-state index contributed by atoms with van der Waals surface area (Å²) < 4.78 is 1.89. The van der Waals surface area contributed by atoms with Crippen LogP contribution in [-0.2, 0) is 4.79 Å². The highest BCUT2D eigenvalue weighted by Gasteiger charge is 2.17. The minimum absolute atomic E-state index is 0.132. The maximum atomic E-state index is 12.3. The number of halogens is 1. The molecule has 160 valence electrons. The number of nitrogens with zero attached hydrogens (tertiary/aromatic N) is 5. The predicted octanol–water partition coefficient (Wildman–Crippen LogP) is 4.53. The van der Waals surface area contributed by atoms with Gasteiger partial charge in [0.25, 0.3) is 5.91 Å². The first-order valence-electron chi connectivity index (χ1n) is 9.73. The third-order valence-corrected chi connectivity index (χ3v) is 5.65. The van der Waals surface area contributed by atoms with E-state index in [-0.39, 0.29) is 11.7 Å². The predicted molar refractivity (Wildman–Crippen MR) is 127 cm³/mol. The zero-order valence-corrected chi connectivity index (χ0v) is 18.7. The molecule has 0 atom stereocenters. The van der Waals surface area contributed by atoms with E-state index in [2.05, 4.69) is 25.7 Å². The Labute approximate surface area is 194 Å². The van der Waals surface area contributed by atoms with Crippen LogP contribution in [0.1, 0.15) is 11.1 Å². The molecule has 0 aliphatic carbocycles. The van der Waals surface area contributed by atoms with Crippen LogP contribution < -0.4 is 5.43 Å². The second-order valence-corrected chi connectivity index (χ2v) is 8.23. The minimum atomic E-state index is -0.241. The second kappa shape index (κ2) is 10.2. The molecule has 2 aromatic heterocycles. The summed E-state index contributed by atoms with van der Waals surface area (Å²) in [6.45, 7) is 2.02. The van der Waals surface area contributed by atoms with Gasteiger partial charge in [0.1, 0.15) is 0 Å². The van der Waals surface area contributed by atoms with Crippen LogP contribution in [0.3, 0.4) is 0 Å². The number of hydrogen-bond acceptors (Lipinski definition) is 6. The van der Waals surface area contributed by atoms with Crippen LogP contribution in [0.15, 0.2) is 83.3 Å². The van der Waals surface area contributed by atoms with Crippen molar-refractivity contribution in [2.75, 3.05) is 5.75 Å². The molecule has 0 fully saturated rings. The van der Waals surface area contributed by atoms with Crippen molar-refractivity contribution in [3.05, 3.63) is 89.2 Å². The molecule has 4 aromatic rings. The summed E-state index contributed by atoms with van der Waals surface area (Å²) in [7, 11) is 0. The van der Waals surface area contributed by atoms with Crippen molar-refractivity contribution >= 4 is 35.5 Å². The summed E-state index contributed by atoms with van der Waals surface area (Å²) in [4.78, 5) is 16.4. The van der Waals surface area contributed by atoms with Crippen LogP contribution in [0, 0.1) is 6.92 Å². The smallest absolute Gasteiger partial charge is 0.250 e. The van der Waals surface area contributed by atoms with Crippen molar-refractivity contribution in [2.24, 2.45) is 5.10 Å². The number of carbonyl (C=O) groups is 1. The van der Waals surface area contributed by atoms with E-state index < -0.39 is 0 Å². The molecule has 32 heavy (non-hydrogen) atoms. The highest BCUT2D eigenvalue weighted by molar-refractivity contribution is 7.99. The van der Waals surface area contributed by atoms with Crippen molar-refractivity contribution in [1.29, 1.82) is 0 Å². The third-order valence-electron chi connectivity index (χ3n) is 4.47. The molecule has 0 spiro atoms. The van der Waals surface area contributed by atoms with Gasteiger partial charge in [-0.05, 0) is 48.9 Å². The summed E-state index contributed by atoms with van der Waals surface area (Å²) in [5, 5.41) is 13.9. The van der Waals surface area contributed by atoms with Crippen molar-refractivity contribution in [3.63, 3.8) is 0 Å². The van der Waals surface area contributed by atoms with Crippen LogP contribution in [0.4, 0.5) is 0 Å². The lowest BCUT2D eigenvalue weighted by atomic mass is 10.2. The van der Waals surface area contributed by atoms with Gasteiger partial charge >= 0.3 is 0 Å². The van der Waals surface area contributed by atoms with Gasteiger partial charge in [-0.15, -0.1) is 10.2 Å². The lowest BCUT2D eigenvalue weighted by Crippen LogP contribution is -2.20. The molecule has 2 aromatic carbocycles. The van der Waals surface area contributed by atoms with E-state index in [9.17, 15) is 4.79 Å². The first-order chi connectivity index (χ1) is 15.6. The molecule has 0 unspecified atom stereocenters. The summed E-state index contributed by atoms with van der Waals surface area (Å²) in [5.41, 5.74) is 6.33. The van der Waals surface area contributed by atoms with Crippen LogP contribution in [0.5, 0.6) is 0 Å². The van der Waals surface area contributed by atoms with E-state index in [4.69, 9.17) is 11.6 Å². The van der Waals surface area contributed by atoms with Gasteiger partial charge in [0, 0.05) is 28.7 Å². The number of aromatic nitrogens is 4. The molecule has 0 aliphatic heterocycles. The molecule has 0 saturated heterocycles. The molecule has 0 radical (unpaired) electrons. The molecule has 9 heteroatoms. The fraction of sp³-hybridized carbons (Fsp3) is 0.0870. The number of hydrogen-bond donors (Lipinski definition) is 1. The molecule has 1 N–H and O–H groups in total. The van der Waals surface area contributed by atoms with Gasteiger partial charge in [-0.3, -0.25) is 14.3 Å². The molecule has 7 nitrogen and oxygen atoms in total. The Morgan fingerprint density at radius 2 is 1.78 bits per heavy atom. The minimum Gasteiger partial charge on any atom is -0.272 e. The number of nitrogens with one attached hydrogen (secondary N) is 1. The van der Waals surface area contributed by atoms with E-state index in [0.717, 1.165) is 16.8 Å². The number of aryl methyl sites for hydroxylation is 1. The molecule has 2 heterocycles. The molecule has 4 rings (SSSR count). The largest absolute Gasteiger partial charge is 0.272 e. The van der Waals surface area contributed by atoms with E-state index in [1.165, 1.54) is 17.3 Å². The zero-order valence-electron chi connectivity index (χ0n) is 17.1. The van der Waals surface area contributed by atoms with Gasteiger partial charge in [0.05, 0.1) is 12.0 Å². The number of thioether (sulfide) groups is 1. The molecule has 0 saturated carbocycles. The topological polar surface area (TPSA) is 85.1 Å². The van der Waals surface area contributed by atoms with E-state index in [1.54, 1.807) is 30.7 Å². The Hall–Kier alpha value is -3.49. The van der Waals surface area contributed by atoms with Crippen molar-refractivity contribution < 1.29 is 4.79 Å². The second-order valence-electron chi connectivity index (χ2n) is 6.85. The van der Waals surface area contributed by atoms with Crippen molar-refractivity contribution in [1.82, 2.24) is 25.2 Å². The summed E-state index contributed by atoms with van der Waals surface area (Å²) in [6, 6.07) is 18.9. The number of pyridine rings is 1. The average molecular weight is 463 g/mol. The highest BCUT2D eigenvalue weighted by atomic mass is 35.5. The molecular formula is C23H19ClN6OS. The lowest BCUT2D eigenvalue weighted by Gasteiger charge is -2.10. The SMILES string of the molecule is Cc1ccc(/C=N\NC(=O)CSc2nnc(-c3ccncc3)n2-c2ccc(Cl)cc2)cc1. The maximum absolute atomic E-state index is 12.3. The van der Waals surface area contributed by atoms with Gasteiger partial charge in [0.15, 0.2) is 11.0 Å². The Morgan fingerprint density at radius 3 is 2.50 bits per heavy atom. The van der Waals surface area contributed by atoms with Crippen LogP contribution in [-0.4, -0.2) is 37.6 Å². The quantitative estimate of drug-likeness (QED) is 0.248. The fourth-order valence-corrected chi connectivity index (χ4v) is 3.74. The van der Waals surface area contributed by atoms with E-state index in [0.29, 0.717) is 16.0 Å². The van der Waals surface area contributed by atoms with Gasteiger partial charge in [-0.2, -0.15) is 5.10 Å². The first-order valence-corrected chi connectivity index (χ1v) is 11.1. The van der Waals surface area contributed by atoms with Gasteiger partial charge in [-0.1, -0.05) is 53.2 Å². The van der Waals surface area contributed by atoms with Gasteiger partial charge in [0.2, 0.25) is 0 Å². The molecule has 0 aliphatic rings. The average Bonchev–Trinajstić information content (AvgIpc) is 3.24. The van der Waals surface area contributed by atoms with Crippen LogP contribution in [0.2, 0.25) is 5.02 Å². The number of rotatable bonds is 7. The normalized spacial score (nSPS) is 11.1. The number of amides is 1. The Balaban J connectivity index is 1.49. The summed E-state index contributed by atoms with van der Waals surface area (Å²) in [5.74, 6) is 0.539. The number of hydrazone groups is 1. The summed E-state index contributed by atoms with van der Waals surface area (Å²) in [6.07, 6.45) is 5.00. The standard InChI is InChI=1S/C23H19ClN6OS/c1-16-2-4-17(5-3-16)14-26-27-21(31)15-32-23-29-28-22(18-10-12-25-13-11-18)30(23)20-8-6-19(24)7-9-20/h2-14H,15H2,1H3,(H,27,31)/b26-14-. The fourth-order valence-electron chi connectivity index (χ4n) is 2.87. The highest BCUT2D eigenvalue weighted by Crippen LogP contribution is 2.28. The lowest BCUT2D eigenvalue weighted by molar-refractivity contribution is -0.118. The van der Waals surface area contributed by atoms with E-state index in [1.807, 2.05) is 60.0 Å². The van der Waals surface area contributed by atoms with Crippen LogP contribution in [0.25, 0.3) is 17.1 Å². The number of benzene rings is 2. The molecular weight excluding hydrogens is 444 g/mol. The monoisotopic (exact) mass is 462 g/mol. The Kier molecular flexibility index (Phi) is 6.94. The molecule has 0 bridgehead atoms. The summed E-state index contributed by atoms with van der Waals surface area (Å²) >= 11 is 7.33. The third kappa shape index (κ3) is 5.40. The number of carbonyl (C=O) groups excluding carboxylic acids is 1. The van der Waals surface area contributed by atoms with E-state index >= 15 is 0 Å². The Morgan fingerprint density at radius 1 is 1.06 bits per heavy atom. The van der Waals surface area contributed by atoms with Crippen LogP contribution >= 0.6 is 23.4 Å². The van der Waals surface area contributed by atoms with Gasteiger partial charge < -0.3 is 0 Å². The van der Waals surface area contributed by atoms with Gasteiger partial charge in [-0.25, -0.2) is 5.43 Å². The molecule has 1 amide bonds. The first kappa shape index (κ1) is 21.7.